The second-order valence-corrected chi connectivity index (χ2v) is 5.09. The molecule has 1 atom stereocenters. The molecule has 4 nitrogen and oxygen atoms in total. The van der Waals surface area contributed by atoms with Crippen LogP contribution in [0.2, 0.25) is 0 Å². The van der Waals surface area contributed by atoms with Crippen LogP contribution in [0.1, 0.15) is 39.1 Å². The lowest BCUT2D eigenvalue weighted by atomic mass is 10.2. The number of aromatic nitrogens is 2. The molecule has 0 aliphatic rings. The first-order valence-electron chi connectivity index (χ1n) is 6.92. The van der Waals surface area contributed by atoms with Crippen molar-refractivity contribution in [3.8, 4) is 18.1 Å². The molecular formula is C16H21N3O. The highest BCUT2D eigenvalue weighted by atomic mass is 16.5. The molecule has 0 bridgehead atoms. The van der Waals surface area contributed by atoms with Gasteiger partial charge in [-0.2, -0.15) is 0 Å². The van der Waals surface area contributed by atoms with Gasteiger partial charge in [-0.1, -0.05) is 12.8 Å². The molecule has 0 fully saturated rings. The molecule has 0 saturated carbocycles. The Morgan fingerprint density at radius 2 is 2.20 bits per heavy atom. The van der Waals surface area contributed by atoms with Gasteiger partial charge < -0.3 is 15.0 Å². The maximum Gasteiger partial charge on any atom is 0.127 e. The number of nitrogens with zero attached hydrogens (tertiary/aromatic N) is 2. The van der Waals surface area contributed by atoms with E-state index in [4.69, 9.17) is 16.9 Å². The van der Waals surface area contributed by atoms with Crippen molar-refractivity contribution >= 4 is 11.0 Å². The van der Waals surface area contributed by atoms with Gasteiger partial charge in [-0.25, -0.2) is 4.98 Å². The highest BCUT2D eigenvalue weighted by molar-refractivity contribution is 5.78. The lowest BCUT2D eigenvalue weighted by molar-refractivity contribution is 0.242. The summed E-state index contributed by atoms with van der Waals surface area (Å²) in [5.74, 6) is 4.31. The molecule has 20 heavy (non-hydrogen) atoms. The Hall–Kier alpha value is -1.99. The number of imidazole rings is 1. The van der Waals surface area contributed by atoms with Gasteiger partial charge in [0.05, 0.1) is 29.7 Å². The molecule has 0 spiro atoms. The molecule has 2 aromatic rings. The van der Waals surface area contributed by atoms with E-state index in [1.54, 1.807) is 0 Å². The Morgan fingerprint density at radius 3 is 2.80 bits per heavy atom. The zero-order valence-corrected chi connectivity index (χ0v) is 12.3. The smallest absolute Gasteiger partial charge is 0.127 e. The van der Waals surface area contributed by atoms with E-state index in [0.717, 1.165) is 29.0 Å². The minimum absolute atomic E-state index is 0.106. The van der Waals surface area contributed by atoms with Gasteiger partial charge in [-0.15, -0.1) is 6.42 Å². The fourth-order valence-electron chi connectivity index (χ4n) is 2.20. The Balaban J connectivity index is 2.52. The third kappa shape index (κ3) is 2.78. The van der Waals surface area contributed by atoms with E-state index in [1.165, 1.54) is 0 Å². The molecule has 106 valence electrons. The molecule has 0 radical (unpaired) electrons. The SMILES string of the molecule is C#CCn1c(C(N)CC)nc2cc(OC(C)C)ccc21. The predicted molar refractivity (Wildman–Crippen MR) is 81.5 cm³/mol. The van der Waals surface area contributed by atoms with Crippen LogP contribution in [0.4, 0.5) is 0 Å². The lowest BCUT2D eigenvalue weighted by Crippen LogP contribution is -2.15. The Bertz CT molecular complexity index is 637. The molecule has 1 unspecified atom stereocenters. The quantitative estimate of drug-likeness (QED) is 0.851. The lowest BCUT2D eigenvalue weighted by Gasteiger charge is -2.11. The van der Waals surface area contributed by atoms with Crippen LogP contribution in [0.3, 0.4) is 0 Å². The van der Waals surface area contributed by atoms with Gasteiger partial charge in [0.25, 0.3) is 0 Å². The van der Waals surface area contributed by atoms with Gasteiger partial charge in [0, 0.05) is 6.07 Å². The van der Waals surface area contributed by atoms with E-state index in [1.807, 2.05) is 43.5 Å². The zero-order chi connectivity index (χ0) is 14.7. The molecule has 0 amide bonds. The Labute approximate surface area is 119 Å². The summed E-state index contributed by atoms with van der Waals surface area (Å²) in [6.07, 6.45) is 6.41. The standard InChI is InChI=1S/C16H21N3O/c1-5-9-19-15-8-7-12(20-11(3)4)10-14(15)18-16(19)13(17)6-2/h1,7-8,10-11,13H,6,9,17H2,2-4H3. The zero-order valence-electron chi connectivity index (χ0n) is 12.3. The van der Waals surface area contributed by atoms with Crippen LogP contribution in [0.25, 0.3) is 11.0 Å². The molecule has 0 saturated heterocycles. The van der Waals surface area contributed by atoms with Crippen LogP contribution in [0, 0.1) is 12.3 Å². The number of fused-ring (bicyclic) bond motifs is 1. The predicted octanol–water partition coefficient (Wildman–Crippen LogP) is 2.87. The highest BCUT2D eigenvalue weighted by Gasteiger charge is 2.15. The number of terminal acetylenes is 1. The summed E-state index contributed by atoms with van der Waals surface area (Å²) in [5.41, 5.74) is 8.00. The van der Waals surface area contributed by atoms with E-state index in [0.29, 0.717) is 6.54 Å². The summed E-state index contributed by atoms with van der Waals surface area (Å²) in [4.78, 5) is 4.63. The van der Waals surface area contributed by atoms with Crippen molar-refractivity contribution in [2.45, 2.75) is 45.9 Å². The monoisotopic (exact) mass is 271 g/mol. The van der Waals surface area contributed by atoms with Gasteiger partial charge in [0.1, 0.15) is 11.6 Å². The second kappa shape index (κ2) is 5.98. The molecule has 2 N–H and O–H groups in total. The molecule has 4 heteroatoms. The first-order chi connectivity index (χ1) is 9.56. The molecule has 0 aliphatic heterocycles. The average molecular weight is 271 g/mol. The van der Waals surface area contributed by atoms with Crippen molar-refractivity contribution in [3.05, 3.63) is 24.0 Å². The summed E-state index contributed by atoms with van der Waals surface area (Å²) in [5, 5.41) is 0. The Kier molecular flexibility index (Phi) is 4.31. The number of ether oxygens (including phenoxy) is 1. The first-order valence-corrected chi connectivity index (χ1v) is 6.92. The molecule has 2 rings (SSSR count). The van der Waals surface area contributed by atoms with Gasteiger partial charge in [-0.3, -0.25) is 0 Å². The van der Waals surface area contributed by atoms with E-state index in [2.05, 4.69) is 10.9 Å². The number of benzene rings is 1. The highest BCUT2D eigenvalue weighted by Crippen LogP contribution is 2.25. The molecule has 1 aromatic carbocycles. The maximum absolute atomic E-state index is 6.12. The summed E-state index contributed by atoms with van der Waals surface area (Å²) in [6, 6.07) is 5.76. The summed E-state index contributed by atoms with van der Waals surface area (Å²) < 4.78 is 7.70. The average Bonchev–Trinajstić information content (AvgIpc) is 2.76. The number of hydrogen-bond donors (Lipinski definition) is 1. The Morgan fingerprint density at radius 1 is 1.45 bits per heavy atom. The van der Waals surface area contributed by atoms with E-state index in [9.17, 15) is 0 Å². The normalized spacial score (nSPS) is 12.6. The van der Waals surface area contributed by atoms with Gasteiger partial charge in [0.15, 0.2) is 0 Å². The van der Waals surface area contributed by atoms with E-state index >= 15 is 0 Å². The van der Waals surface area contributed by atoms with Gasteiger partial charge >= 0.3 is 0 Å². The molecule has 1 heterocycles. The van der Waals surface area contributed by atoms with Gasteiger partial charge in [-0.05, 0) is 32.4 Å². The van der Waals surface area contributed by atoms with Crippen molar-refractivity contribution in [1.29, 1.82) is 0 Å². The summed E-state index contributed by atoms with van der Waals surface area (Å²) in [6.45, 7) is 6.51. The summed E-state index contributed by atoms with van der Waals surface area (Å²) in [7, 11) is 0. The first kappa shape index (κ1) is 14.4. The second-order valence-electron chi connectivity index (χ2n) is 5.09. The van der Waals surface area contributed by atoms with Crippen LogP contribution in [0.5, 0.6) is 5.75 Å². The number of hydrogen-bond acceptors (Lipinski definition) is 3. The third-order valence-corrected chi connectivity index (χ3v) is 3.14. The van der Waals surface area contributed by atoms with Gasteiger partial charge in [0.2, 0.25) is 0 Å². The third-order valence-electron chi connectivity index (χ3n) is 3.14. The summed E-state index contributed by atoms with van der Waals surface area (Å²) >= 11 is 0. The number of rotatable bonds is 5. The van der Waals surface area contributed by atoms with E-state index in [-0.39, 0.29) is 12.1 Å². The maximum atomic E-state index is 6.12. The molecule has 0 aliphatic carbocycles. The van der Waals surface area contributed by atoms with Crippen molar-refractivity contribution in [1.82, 2.24) is 9.55 Å². The fourth-order valence-corrected chi connectivity index (χ4v) is 2.20. The van der Waals surface area contributed by atoms with E-state index < -0.39 is 0 Å². The minimum Gasteiger partial charge on any atom is -0.491 e. The molecular weight excluding hydrogens is 250 g/mol. The van der Waals surface area contributed by atoms with Crippen molar-refractivity contribution in [2.24, 2.45) is 5.73 Å². The minimum atomic E-state index is -0.106. The van der Waals surface area contributed by atoms with Crippen molar-refractivity contribution in [3.63, 3.8) is 0 Å². The number of nitrogens with two attached hydrogens (primary N) is 1. The van der Waals surface area contributed by atoms with Crippen molar-refractivity contribution < 1.29 is 4.74 Å². The van der Waals surface area contributed by atoms with Crippen LogP contribution >= 0.6 is 0 Å². The van der Waals surface area contributed by atoms with Crippen LogP contribution in [-0.4, -0.2) is 15.7 Å². The topological polar surface area (TPSA) is 53.1 Å². The molecule has 1 aromatic heterocycles. The van der Waals surface area contributed by atoms with Crippen LogP contribution in [0.15, 0.2) is 18.2 Å². The van der Waals surface area contributed by atoms with Crippen LogP contribution < -0.4 is 10.5 Å². The van der Waals surface area contributed by atoms with Crippen molar-refractivity contribution in [2.75, 3.05) is 0 Å². The fraction of sp³-hybridized carbons (Fsp3) is 0.438. The largest absolute Gasteiger partial charge is 0.491 e. The van der Waals surface area contributed by atoms with Crippen LogP contribution in [-0.2, 0) is 6.54 Å².